The number of nitrogens with one attached hydrogen (secondary N) is 1. The van der Waals surface area contributed by atoms with Crippen LogP contribution in [-0.4, -0.2) is 29.4 Å². The minimum Gasteiger partial charge on any atom is -0.392 e. The van der Waals surface area contributed by atoms with Crippen molar-refractivity contribution in [1.29, 1.82) is 0 Å². The highest BCUT2D eigenvalue weighted by molar-refractivity contribution is 7.99. The molecule has 104 valence electrons. The summed E-state index contributed by atoms with van der Waals surface area (Å²) in [5, 5.41) is 12.6. The first kappa shape index (κ1) is 14.4. The van der Waals surface area contributed by atoms with Crippen molar-refractivity contribution in [2.45, 2.75) is 37.2 Å². The molecule has 1 aromatic carbocycles. The summed E-state index contributed by atoms with van der Waals surface area (Å²) >= 11 is 1.74. The molecule has 1 saturated carbocycles. The summed E-state index contributed by atoms with van der Waals surface area (Å²) < 4.78 is 0. The normalized spacial score (nSPS) is 22.4. The lowest BCUT2D eigenvalue weighted by Crippen LogP contribution is -2.35. The highest BCUT2D eigenvalue weighted by Gasteiger charge is 2.30. The lowest BCUT2D eigenvalue weighted by molar-refractivity contribution is -0.127. The third kappa shape index (κ3) is 4.25. The first-order chi connectivity index (χ1) is 9.16. The van der Waals surface area contributed by atoms with Crippen LogP contribution in [0.5, 0.6) is 0 Å². The van der Waals surface area contributed by atoms with Gasteiger partial charge in [-0.05, 0) is 38.3 Å². The van der Waals surface area contributed by atoms with Crippen LogP contribution >= 0.6 is 11.8 Å². The number of carbonyl (C=O) groups is 1. The average Bonchev–Trinajstić information content (AvgIpc) is 2.83. The van der Waals surface area contributed by atoms with E-state index in [2.05, 4.69) is 36.5 Å². The van der Waals surface area contributed by atoms with Gasteiger partial charge in [0.05, 0.1) is 12.0 Å². The van der Waals surface area contributed by atoms with Crippen LogP contribution in [0.2, 0.25) is 0 Å². The van der Waals surface area contributed by atoms with Gasteiger partial charge in [-0.3, -0.25) is 4.79 Å². The van der Waals surface area contributed by atoms with Gasteiger partial charge in [-0.2, -0.15) is 0 Å². The largest absolute Gasteiger partial charge is 0.392 e. The summed E-state index contributed by atoms with van der Waals surface area (Å²) in [4.78, 5) is 13.1. The summed E-state index contributed by atoms with van der Waals surface area (Å²) in [5.74, 6) is 0.677. The van der Waals surface area contributed by atoms with Crippen molar-refractivity contribution in [3.05, 3.63) is 29.8 Å². The van der Waals surface area contributed by atoms with E-state index in [-0.39, 0.29) is 11.8 Å². The van der Waals surface area contributed by atoms with E-state index < -0.39 is 6.10 Å². The molecule has 1 aliphatic rings. The van der Waals surface area contributed by atoms with Crippen LogP contribution in [0.15, 0.2) is 29.2 Å². The van der Waals surface area contributed by atoms with Crippen molar-refractivity contribution in [2.75, 3.05) is 12.3 Å². The Hall–Kier alpha value is -1.00. The zero-order valence-electron chi connectivity index (χ0n) is 11.3. The van der Waals surface area contributed by atoms with Crippen LogP contribution in [-0.2, 0) is 4.79 Å². The molecule has 1 fully saturated rings. The highest BCUT2D eigenvalue weighted by Crippen LogP contribution is 2.25. The molecule has 2 unspecified atom stereocenters. The molecular weight excluding hydrogens is 258 g/mol. The first-order valence-corrected chi connectivity index (χ1v) is 7.80. The lowest BCUT2D eigenvalue weighted by atomic mass is 10.1. The van der Waals surface area contributed by atoms with Crippen LogP contribution in [0.1, 0.15) is 24.8 Å². The van der Waals surface area contributed by atoms with Gasteiger partial charge in [-0.15, -0.1) is 11.8 Å². The van der Waals surface area contributed by atoms with Gasteiger partial charge in [0.1, 0.15) is 0 Å². The molecule has 1 aromatic rings. The number of hydrogen-bond donors (Lipinski definition) is 2. The van der Waals surface area contributed by atoms with Gasteiger partial charge in [0.2, 0.25) is 5.91 Å². The molecule has 0 spiro atoms. The maximum atomic E-state index is 11.8. The zero-order valence-corrected chi connectivity index (χ0v) is 12.1. The molecule has 2 atom stereocenters. The highest BCUT2D eigenvalue weighted by atomic mass is 32.2. The third-order valence-electron chi connectivity index (χ3n) is 3.51. The molecule has 2 N–H and O–H groups in total. The summed E-state index contributed by atoms with van der Waals surface area (Å²) in [6, 6.07) is 8.39. The molecule has 0 radical (unpaired) electrons. The molecule has 3 nitrogen and oxygen atoms in total. The van der Waals surface area contributed by atoms with Crippen molar-refractivity contribution >= 4 is 17.7 Å². The molecule has 0 aliphatic heterocycles. The number of aryl methyl sites for hydroxylation is 1. The fourth-order valence-corrected chi connectivity index (χ4v) is 3.12. The monoisotopic (exact) mass is 279 g/mol. The van der Waals surface area contributed by atoms with Crippen molar-refractivity contribution in [3.8, 4) is 0 Å². The second-order valence-corrected chi connectivity index (χ2v) is 6.23. The fourth-order valence-electron chi connectivity index (χ4n) is 2.36. The van der Waals surface area contributed by atoms with Gasteiger partial charge in [0.15, 0.2) is 0 Å². The van der Waals surface area contributed by atoms with Crippen LogP contribution in [0.25, 0.3) is 0 Å². The van der Waals surface area contributed by atoms with E-state index in [0.717, 1.165) is 25.0 Å². The van der Waals surface area contributed by atoms with Gasteiger partial charge in [-0.1, -0.05) is 17.7 Å². The predicted molar refractivity (Wildman–Crippen MR) is 78.3 cm³/mol. The van der Waals surface area contributed by atoms with Crippen molar-refractivity contribution in [1.82, 2.24) is 5.32 Å². The minimum absolute atomic E-state index is 0.00880. The molecule has 4 heteroatoms. The van der Waals surface area contributed by atoms with Gasteiger partial charge in [-0.25, -0.2) is 0 Å². The van der Waals surface area contributed by atoms with Crippen molar-refractivity contribution in [3.63, 3.8) is 0 Å². The molecule has 0 saturated heterocycles. The van der Waals surface area contributed by atoms with Gasteiger partial charge >= 0.3 is 0 Å². The second-order valence-electron chi connectivity index (χ2n) is 5.06. The Morgan fingerprint density at radius 2 is 2.11 bits per heavy atom. The van der Waals surface area contributed by atoms with Gasteiger partial charge in [0.25, 0.3) is 0 Å². The van der Waals surface area contributed by atoms with Crippen LogP contribution in [0, 0.1) is 12.8 Å². The molecule has 0 bridgehead atoms. The SMILES string of the molecule is Cc1ccc(SCCNC(=O)C2CCCC2O)cc1. The van der Waals surface area contributed by atoms with Gasteiger partial charge < -0.3 is 10.4 Å². The van der Waals surface area contributed by atoms with Crippen molar-refractivity contribution < 1.29 is 9.90 Å². The predicted octanol–water partition coefficient (Wildman–Crippen LogP) is 2.36. The Morgan fingerprint density at radius 3 is 2.74 bits per heavy atom. The molecule has 0 heterocycles. The number of aliphatic hydroxyl groups excluding tert-OH is 1. The van der Waals surface area contributed by atoms with E-state index in [1.54, 1.807) is 11.8 Å². The number of hydrogen-bond acceptors (Lipinski definition) is 3. The Balaban J connectivity index is 1.66. The van der Waals surface area contributed by atoms with E-state index in [0.29, 0.717) is 6.54 Å². The molecule has 19 heavy (non-hydrogen) atoms. The standard InChI is InChI=1S/C15H21NO2S/c1-11-5-7-12(8-6-11)19-10-9-16-15(18)13-3-2-4-14(13)17/h5-8,13-14,17H,2-4,9-10H2,1H3,(H,16,18). The number of carbonyl (C=O) groups excluding carboxylic acids is 1. The third-order valence-corrected chi connectivity index (χ3v) is 4.52. The van der Waals surface area contributed by atoms with Gasteiger partial charge in [0, 0.05) is 17.2 Å². The Morgan fingerprint density at radius 1 is 1.37 bits per heavy atom. The molecule has 1 amide bonds. The Kier molecular flexibility index (Phi) is 5.28. The molecule has 2 rings (SSSR count). The maximum Gasteiger partial charge on any atom is 0.225 e. The topological polar surface area (TPSA) is 49.3 Å². The quantitative estimate of drug-likeness (QED) is 0.642. The number of aliphatic hydroxyl groups is 1. The molecule has 0 aromatic heterocycles. The first-order valence-electron chi connectivity index (χ1n) is 6.82. The fraction of sp³-hybridized carbons (Fsp3) is 0.533. The number of benzene rings is 1. The summed E-state index contributed by atoms with van der Waals surface area (Å²) in [6.45, 7) is 2.72. The number of rotatable bonds is 5. The summed E-state index contributed by atoms with van der Waals surface area (Å²) in [6.07, 6.45) is 2.09. The maximum absolute atomic E-state index is 11.8. The Labute approximate surface area is 118 Å². The lowest BCUT2D eigenvalue weighted by Gasteiger charge is -2.14. The van der Waals surface area contributed by atoms with E-state index >= 15 is 0 Å². The average molecular weight is 279 g/mol. The van der Waals surface area contributed by atoms with E-state index in [4.69, 9.17) is 0 Å². The molecule has 1 aliphatic carbocycles. The van der Waals surface area contributed by atoms with Crippen molar-refractivity contribution in [2.24, 2.45) is 5.92 Å². The smallest absolute Gasteiger partial charge is 0.225 e. The van der Waals surface area contributed by atoms with E-state index in [1.165, 1.54) is 10.5 Å². The van der Waals surface area contributed by atoms with E-state index in [9.17, 15) is 9.90 Å². The number of thioether (sulfide) groups is 1. The Bertz CT molecular complexity index is 419. The molecular formula is C15H21NO2S. The van der Waals surface area contributed by atoms with Crippen LogP contribution in [0.4, 0.5) is 0 Å². The van der Waals surface area contributed by atoms with E-state index in [1.807, 2.05) is 0 Å². The second kappa shape index (κ2) is 6.96. The minimum atomic E-state index is -0.440. The summed E-state index contributed by atoms with van der Waals surface area (Å²) in [7, 11) is 0. The zero-order chi connectivity index (χ0) is 13.7. The summed E-state index contributed by atoms with van der Waals surface area (Å²) in [5.41, 5.74) is 1.26. The number of amides is 1. The van der Waals surface area contributed by atoms with Crippen LogP contribution < -0.4 is 5.32 Å². The van der Waals surface area contributed by atoms with Crippen LogP contribution in [0.3, 0.4) is 0 Å².